The first-order chi connectivity index (χ1) is 30.9. The van der Waals surface area contributed by atoms with E-state index >= 15 is 0 Å². The number of hydrogen-bond acceptors (Lipinski definition) is 13. The van der Waals surface area contributed by atoms with Crippen molar-refractivity contribution in [3.63, 3.8) is 0 Å². The molecule has 5 heterocycles. The Bertz CT molecular complexity index is 2210. The summed E-state index contributed by atoms with van der Waals surface area (Å²) in [5.41, 5.74) is -0.176. The van der Waals surface area contributed by atoms with Crippen molar-refractivity contribution >= 4 is 52.4 Å². The second-order valence-electron chi connectivity index (χ2n) is 18.9. The number of oxazole rings is 1. The summed E-state index contributed by atoms with van der Waals surface area (Å²) in [6.45, 7) is 8.03. The van der Waals surface area contributed by atoms with Gasteiger partial charge in [0, 0.05) is 43.5 Å². The van der Waals surface area contributed by atoms with Gasteiger partial charge in [0.15, 0.2) is 0 Å². The third-order valence-electron chi connectivity index (χ3n) is 13.9. The summed E-state index contributed by atoms with van der Waals surface area (Å²) in [4.78, 5) is 68.5. The van der Waals surface area contributed by atoms with Gasteiger partial charge in [0.2, 0.25) is 11.8 Å². The lowest BCUT2D eigenvalue weighted by atomic mass is 10.0. The predicted molar refractivity (Wildman–Crippen MR) is 235 cm³/mol. The van der Waals surface area contributed by atoms with E-state index in [2.05, 4.69) is 25.8 Å². The fourth-order valence-electron chi connectivity index (χ4n) is 10.2. The van der Waals surface area contributed by atoms with E-state index < -0.39 is 47.6 Å². The van der Waals surface area contributed by atoms with Crippen LogP contribution in [0.25, 0.3) is 22.3 Å². The molecule has 0 bridgehead atoms. The molecule has 4 N–H and O–H groups in total. The summed E-state index contributed by atoms with van der Waals surface area (Å²) in [7, 11) is 0. The number of rotatable bonds is 12. The Balaban J connectivity index is 1.01. The van der Waals surface area contributed by atoms with Gasteiger partial charge in [-0.2, -0.15) is 4.98 Å². The quantitative estimate of drug-likeness (QED) is 0.164. The van der Waals surface area contributed by atoms with Crippen LogP contribution in [0.5, 0.6) is 11.5 Å². The van der Waals surface area contributed by atoms with E-state index in [-0.39, 0.29) is 36.1 Å². The van der Waals surface area contributed by atoms with Crippen LogP contribution in [0.1, 0.15) is 90.9 Å². The fourth-order valence-corrected chi connectivity index (χ4v) is 10.4. The van der Waals surface area contributed by atoms with Crippen molar-refractivity contribution < 1.29 is 47.6 Å². The first-order valence-corrected chi connectivity index (χ1v) is 23.6. The fraction of sp³-hybridized carbons (Fsp3) is 0.652. The highest BCUT2D eigenvalue weighted by Crippen LogP contribution is 2.52. The van der Waals surface area contributed by atoms with Gasteiger partial charge in [-0.3, -0.25) is 14.5 Å². The lowest BCUT2D eigenvalue weighted by Crippen LogP contribution is -2.56. The number of hydrogen-bond donors (Lipinski definition) is 4. The van der Waals surface area contributed by atoms with Gasteiger partial charge in [0.05, 0.1) is 31.0 Å². The minimum atomic E-state index is -1.40. The molecule has 18 heteroatoms. The van der Waals surface area contributed by atoms with E-state index in [4.69, 9.17) is 39.9 Å². The molecule has 6 fully saturated rings. The summed E-state index contributed by atoms with van der Waals surface area (Å²) < 4.78 is 30.0. The van der Waals surface area contributed by atoms with Gasteiger partial charge in [-0.05, 0) is 82.3 Å². The molecular weight excluding hydrogens is 846 g/mol. The van der Waals surface area contributed by atoms with Crippen LogP contribution in [-0.4, -0.2) is 131 Å². The van der Waals surface area contributed by atoms with E-state index in [0.717, 1.165) is 51.6 Å². The van der Waals surface area contributed by atoms with Crippen molar-refractivity contribution in [2.45, 2.75) is 127 Å². The zero-order chi connectivity index (χ0) is 44.5. The SMILES string of the molecule is CC(C)Nc1nc(-c2cc(O[C@@H]3C[C@H]4C(=O)N[C@]5(C(=O)O)C[C@H]5CCCCCCC[C@H](NC(=O)O[C@@H]5C[C@@H]6C[C@@H]6C5)C(=O)N4C3)c3ccc(OCCN4CCOCC4)c(Cl)c3n2)co1. The maximum absolute atomic E-state index is 14.8. The highest BCUT2D eigenvalue weighted by molar-refractivity contribution is 6.36. The molecule has 3 saturated carbocycles. The number of alkyl carbamates (subject to hydrolysis) is 1. The average Bonchev–Trinajstić information content (AvgIpc) is 3.92. The van der Waals surface area contributed by atoms with Crippen molar-refractivity contribution in [2.75, 3.05) is 51.3 Å². The summed E-state index contributed by atoms with van der Waals surface area (Å²) >= 11 is 7.10. The first-order valence-electron chi connectivity index (χ1n) is 23.2. The number of carbonyl (C=O) groups is 4. The number of carboxylic acid groups (broad SMARTS) is 1. The largest absolute Gasteiger partial charge is 0.491 e. The molecule has 2 aromatic heterocycles. The number of amides is 3. The van der Waals surface area contributed by atoms with Gasteiger partial charge in [-0.15, -0.1) is 0 Å². The highest BCUT2D eigenvalue weighted by Gasteiger charge is 2.62. The van der Waals surface area contributed by atoms with Crippen molar-refractivity contribution in [3.05, 3.63) is 29.5 Å². The number of aliphatic carboxylic acids is 1. The molecule has 64 heavy (non-hydrogen) atoms. The number of benzene rings is 1. The summed E-state index contributed by atoms with van der Waals surface area (Å²) in [6.07, 6.45) is 8.42. The highest BCUT2D eigenvalue weighted by atomic mass is 35.5. The first kappa shape index (κ1) is 44.3. The lowest BCUT2D eigenvalue weighted by molar-refractivity contribution is -0.146. The second kappa shape index (κ2) is 18.9. The van der Waals surface area contributed by atoms with Gasteiger partial charge in [-0.1, -0.05) is 43.7 Å². The smallest absolute Gasteiger partial charge is 0.408 e. The van der Waals surface area contributed by atoms with E-state index in [1.165, 1.54) is 17.6 Å². The molecule has 3 aliphatic heterocycles. The summed E-state index contributed by atoms with van der Waals surface area (Å²) in [5, 5.41) is 20.2. The molecular formula is C46H60ClN7O10. The normalized spacial score (nSPS) is 29.8. The molecule has 3 amide bonds. The molecule has 346 valence electrons. The number of carbonyl (C=O) groups excluding carboxylic acids is 3. The van der Waals surface area contributed by atoms with Crippen LogP contribution in [0.3, 0.4) is 0 Å². The Labute approximate surface area is 377 Å². The van der Waals surface area contributed by atoms with E-state index in [1.54, 1.807) is 12.1 Å². The van der Waals surface area contributed by atoms with Crippen molar-refractivity contribution in [1.29, 1.82) is 0 Å². The van der Waals surface area contributed by atoms with Crippen LogP contribution in [0.15, 0.2) is 28.9 Å². The number of nitrogens with zero attached hydrogens (tertiary/aromatic N) is 4. The van der Waals surface area contributed by atoms with Gasteiger partial charge in [-0.25, -0.2) is 14.6 Å². The lowest BCUT2D eigenvalue weighted by Gasteiger charge is -2.29. The number of anilines is 1. The third-order valence-corrected chi connectivity index (χ3v) is 14.2. The number of aromatic nitrogens is 2. The number of carboxylic acids is 1. The molecule has 1 aromatic carbocycles. The van der Waals surface area contributed by atoms with Crippen LogP contribution < -0.4 is 25.4 Å². The Morgan fingerprint density at radius 3 is 2.52 bits per heavy atom. The van der Waals surface area contributed by atoms with Crippen LogP contribution in [0.4, 0.5) is 10.8 Å². The third kappa shape index (κ3) is 9.86. The maximum Gasteiger partial charge on any atom is 0.408 e. The van der Waals surface area contributed by atoms with Crippen LogP contribution in [0.2, 0.25) is 5.02 Å². The predicted octanol–water partition coefficient (Wildman–Crippen LogP) is 6.02. The van der Waals surface area contributed by atoms with Gasteiger partial charge in [0.1, 0.15) is 64.9 Å². The molecule has 17 nitrogen and oxygen atoms in total. The molecule has 6 aliphatic rings. The van der Waals surface area contributed by atoms with Gasteiger partial charge in [0.25, 0.3) is 6.01 Å². The standard InChI is InChI=1S/C46H60ClN7O10/c1-26(2)48-44-50-35(25-62-44)34-22-38(32-10-11-37(39(47)40(32)49-34)61-17-14-53-12-15-60-16-13-53)63-31-21-36-41(55)52-46(43(57)58)23-29(46)8-6-4-3-5-7-9-33(42(56)54(36)24-31)51-45(59)64-30-19-27-18-28(27)20-30/h10-11,22,25-31,33,36H,3-9,12-21,23-24H2,1-2H3,(H,48,50)(H,51,59)(H,52,55)(H,57,58)/t27-,28+,29-,30+,31-,33+,36+,46-/m1/s1. The van der Waals surface area contributed by atoms with Gasteiger partial charge < -0.3 is 49.3 Å². The van der Waals surface area contributed by atoms with Crippen molar-refractivity contribution in [1.82, 2.24) is 30.4 Å². The van der Waals surface area contributed by atoms with Crippen molar-refractivity contribution in [2.24, 2.45) is 17.8 Å². The topological polar surface area (TPSA) is 207 Å². The van der Waals surface area contributed by atoms with Crippen LogP contribution in [-0.2, 0) is 23.9 Å². The Kier molecular flexibility index (Phi) is 13.1. The summed E-state index contributed by atoms with van der Waals surface area (Å²) in [5.74, 6) is -0.251. The number of pyridine rings is 1. The number of halogens is 1. The van der Waals surface area contributed by atoms with Crippen molar-refractivity contribution in [3.8, 4) is 22.9 Å². The monoisotopic (exact) mass is 905 g/mol. The average molecular weight is 906 g/mol. The second-order valence-corrected chi connectivity index (χ2v) is 19.2. The van der Waals surface area contributed by atoms with E-state index in [9.17, 15) is 24.3 Å². The number of ether oxygens (including phenoxy) is 4. The number of morpholine rings is 1. The van der Waals surface area contributed by atoms with Crippen LogP contribution in [0, 0.1) is 17.8 Å². The summed E-state index contributed by atoms with van der Waals surface area (Å²) in [6, 6.07) is 3.66. The Hall–Kier alpha value is -4.87. The Morgan fingerprint density at radius 2 is 1.75 bits per heavy atom. The molecule has 9 rings (SSSR count). The van der Waals surface area contributed by atoms with E-state index in [1.807, 2.05) is 19.9 Å². The minimum Gasteiger partial charge on any atom is -0.491 e. The molecule has 0 unspecified atom stereocenters. The van der Waals surface area contributed by atoms with Gasteiger partial charge >= 0.3 is 12.1 Å². The Morgan fingerprint density at radius 1 is 0.984 bits per heavy atom. The number of fused-ring (bicyclic) bond motifs is 4. The maximum atomic E-state index is 14.8. The zero-order valence-corrected chi connectivity index (χ0v) is 37.4. The molecule has 3 aliphatic carbocycles. The molecule has 3 saturated heterocycles. The molecule has 0 radical (unpaired) electrons. The molecule has 0 spiro atoms. The minimum absolute atomic E-state index is 0.0122. The molecule has 3 aromatic rings. The van der Waals surface area contributed by atoms with E-state index in [0.29, 0.717) is 104 Å². The number of nitrogens with one attached hydrogen (secondary N) is 3. The molecule has 8 atom stereocenters. The zero-order valence-electron chi connectivity index (χ0n) is 36.7. The van der Waals surface area contributed by atoms with Crippen LogP contribution >= 0.6 is 11.6 Å².